The second kappa shape index (κ2) is 29.2. The van der Waals surface area contributed by atoms with Crippen LogP contribution in [-0.4, -0.2) is 71.2 Å². The highest BCUT2D eigenvalue weighted by atomic mass is 16.5. The second-order valence-corrected chi connectivity index (χ2v) is 27.7. The van der Waals surface area contributed by atoms with E-state index >= 15 is 0 Å². The molecule has 0 saturated heterocycles. The first-order valence-electron chi connectivity index (χ1n) is 33.6. The molecule has 0 radical (unpaired) electrons. The Morgan fingerprint density at radius 1 is 0.397 bits per heavy atom. The monoisotopic (exact) mass is 1010 g/mol. The first kappa shape index (κ1) is 58.0. The van der Waals surface area contributed by atoms with Crippen molar-refractivity contribution in [2.45, 2.75) is 335 Å². The minimum absolute atomic E-state index is 0.0609. The Kier molecular flexibility index (Phi) is 23.2. The summed E-state index contributed by atoms with van der Waals surface area (Å²) in [5.41, 5.74) is 0.617. The van der Waals surface area contributed by atoms with E-state index in [4.69, 9.17) is 9.47 Å². The standard InChI is InChI=1S/C67H118N2O4/c1-7-11-13-15-17-19-43-67(44-20-18-16-14-12-8-2)63-45-50(6)29-41-61(63)62-42-32-52(48-64(62)67)51-30-35-56(36-31-51)69(60-26-22-24-54(47-60)66(71)73-10-4)58-39-37-57(38-40-58)68(55-33-27-49(5)28-34-55)59-25-21-23-53(46-59)65(70)72-9-3/h49-64H,7-48H2,1-6H3. The number of rotatable bonds is 25. The van der Waals surface area contributed by atoms with Crippen molar-refractivity contribution in [1.82, 2.24) is 9.80 Å². The zero-order valence-corrected chi connectivity index (χ0v) is 49.0. The first-order valence-corrected chi connectivity index (χ1v) is 33.6. The Bertz CT molecular complexity index is 1580. The van der Waals surface area contributed by atoms with Crippen molar-refractivity contribution in [3.8, 4) is 0 Å². The Balaban J connectivity index is 0.965. The number of carbonyl (C=O) groups is 2. The number of ether oxygens (including phenoxy) is 2. The van der Waals surface area contributed by atoms with Crippen molar-refractivity contribution in [2.24, 2.45) is 64.6 Å². The van der Waals surface area contributed by atoms with Crippen molar-refractivity contribution >= 4 is 11.9 Å². The van der Waals surface area contributed by atoms with E-state index in [9.17, 15) is 9.59 Å². The van der Waals surface area contributed by atoms with Crippen LogP contribution in [0.3, 0.4) is 0 Å². The lowest BCUT2D eigenvalue weighted by atomic mass is 9.57. The number of esters is 2. The average molecular weight is 1020 g/mol. The van der Waals surface area contributed by atoms with Crippen molar-refractivity contribution in [3.05, 3.63) is 0 Å². The normalized spacial score (nSPS) is 37.9. The molecule has 10 atom stereocenters. The van der Waals surface area contributed by atoms with Gasteiger partial charge in [0.15, 0.2) is 0 Å². The van der Waals surface area contributed by atoms with E-state index in [2.05, 4.69) is 37.5 Å². The molecule has 73 heavy (non-hydrogen) atoms. The van der Waals surface area contributed by atoms with Gasteiger partial charge >= 0.3 is 11.9 Å². The van der Waals surface area contributed by atoms with Crippen LogP contribution in [0.2, 0.25) is 0 Å². The molecule has 0 aliphatic heterocycles. The number of hydrogen-bond acceptors (Lipinski definition) is 6. The van der Waals surface area contributed by atoms with E-state index < -0.39 is 0 Å². The quantitative estimate of drug-likeness (QED) is 0.0671. The summed E-state index contributed by atoms with van der Waals surface area (Å²) in [7, 11) is 0. The Labute approximate surface area is 451 Å². The lowest BCUT2D eigenvalue weighted by molar-refractivity contribution is -0.151. The molecular formula is C67H118N2O4. The minimum Gasteiger partial charge on any atom is -0.466 e. The predicted molar refractivity (Wildman–Crippen MR) is 304 cm³/mol. The second-order valence-electron chi connectivity index (χ2n) is 27.7. The molecule has 0 amide bonds. The molecule has 8 aliphatic carbocycles. The molecule has 10 unspecified atom stereocenters. The molecule has 8 fully saturated rings. The van der Waals surface area contributed by atoms with Gasteiger partial charge in [-0.3, -0.25) is 19.4 Å². The maximum absolute atomic E-state index is 13.4. The van der Waals surface area contributed by atoms with Crippen LogP contribution >= 0.6 is 0 Å². The summed E-state index contributed by atoms with van der Waals surface area (Å²) in [6, 6.07) is 3.61. The van der Waals surface area contributed by atoms with Gasteiger partial charge in [0, 0.05) is 36.3 Å². The van der Waals surface area contributed by atoms with Crippen LogP contribution in [-0.2, 0) is 19.1 Å². The molecule has 8 aliphatic rings. The summed E-state index contributed by atoms with van der Waals surface area (Å²) in [5.74, 6) is 7.94. The Morgan fingerprint density at radius 2 is 0.795 bits per heavy atom. The fraction of sp³-hybridized carbons (Fsp3) is 0.970. The molecule has 420 valence electrons. The van der Waals surface area contributed by atoms with Crippen molar-refractivity contribution in [3.63, 3.8) is 0 Å². The lowest BCUT2D eigenvalue weighted by Gasteiger charge is -2.53. The van der Waals surface area contributed by atoms with Crippen LogP contribution in [0.4, 0.5) is 0 Å². The highest BCUT2D eigenvalue weighted by Gasteiger charge is 2.61. The summed E-state index contributed by atoms with van der Waals surface area (Å²) in [6.07, 6.45) is 54.7. The molecule has 6 heteroatoms. The first-order chi connectivity index (χ1) is 35.7. The summed E-state index contributed by atoms with van der Waals surface area (Å²) in [5, 5.41) is 0. The van der Waals surface area contributed by atoms with Gasteiger partial charge < -0.3 is 9.47 Å². The van der Waals surface area contributed by atoms with E-state index in [1.165, 1.54) is 180 Å². The van der Waals surface area contributed by atoms with Crippen LogP contribution in [0, 0.1) is 64.6 Å². The summed E-state index contributed by atoms with van der Waals surface area (Å²) in [6.45, 7) is 14.8. The molecule has 0 aromatic heterocycles. The minimum atomic E-state index is 0.0609. The predicted octanol–water partition coefficient (Wildman–Crippen LogP) is 17.9. The van der Waals surface area contributed by atoms with Crippen LogP contribution in [0.5, 0.6) is 0 Å². The van der Waals surface area contributed by atoms with Gasteiger partial charge in [-0.25, -0.2) is 0 Å². The topological polar surface area (TPSA) is 59.1 Å². The molecule has 0 spiro atoms. The van der Waals surface area contributed by atoms with Crippen LogP contribution in [0.15, 0.2) is 0 Å². The fourth-order valence-electron chi connectivity index (χ4n) is 19.7. The van der Waals surface area contributed by atoms with Gasteiger partial charge in [0.1, 0.15) is 0 Å². The molecular weight excluding hydrogens is 897 g/mol. The number of fused-ring (bicyclic) bond motifs is 3. The van der Waals surface area contributed by atoms with Gasteiger partial charge in [0.05, 0.1) is 25.0 Å². The summed E-state index contributed by atoms with van der Waals surface area (Å²) < 4.78 is 11.4. The third kappa shape index (κ3) is 14.8. The largest absolute Gasteiger partial charge is 0.466 e. The van der Waals surface area contributed by atoms with E-state index in [0.717, 1.165) is 85.9 Å². The molecule has 8 saturated carbocycles. The maximum atomic E-state index is 13.4. The molecule has 0 heterocycles. The lowest BCUT2D eigenvalue weighted by Crippen LogP contribution is -2.57. The summed E-state index contributed by atoms with van der Waals surface area (Å²) in [4.78, 5) is 32.8. The smallest absolute Gasteiger partial charge is 0.308 e. The van der Waals surface area contributed by atoms with Gasteiger partial charge in [-0.15, -0.1) is 0 Å². The molecule has 0 aromatic rings. The maximum Gasteiger partial charge on any atom is 0.308 e. The highest BCUT2D eigenvalue weighted by Crippen LogP contribution is 2.68. The number of carbonyl (C=O) groups excluding carboxylic acids is 2. The van der Waals surface area contributed by atoms with Gasteiger partial charge in [0.2, 0.25) is 0 Å². The van der Waals surface area contributed by atoms with E-state index in [-0.39, 0.29) is 23.8 Å². The third-order valence-electron chi connectivity index (χ3n) is 23.3. The van der Waals surface area contributed by atoms with Gasteiger partial charge in [-0.05, 0) is 227 Å². The van der Waals surface area contributed by atoms with Crippen molar-refractivity contribution in [1.29, 1.82) is 0 Å². The number of nitrogens with zero attached hydrogens (tertiary/aromatic N) is 2. The number of unbranched alkanes of at least 4 members (excludes halogenated alkanes) is 10. The zero-order chi connectivity index (χ0) is 51.2. The van der Waals surface area contributed by atoms with E-state index in [1.807, 2.05) is 13.8 Å². The summed E-state index contributed by atoms with van der Waals surface area (Å²) >= 11 is 0. The molecule has 0 N–H and O–H groups in total. The SMILES string of the molecule is CCCCCCCCC1(CCCCCCCC)C2CC(C)CCC2C2CCC(C3CCC(N(C4CCC(N(C5CCC(C)CC5)C5CCCC(C(=O)OCC)C5)CC4)C4CCCC(C(=O)OCC)C4)CC3)CC21. The van der Waals surface area contributed by atoms with Gasteiger partial charge in [-0.1, -0.05) is 124 Å². The van der Waals surface area contributed by atoms with Crippen molar-refractivity contribution in [2.75, 3.05) is 13.2 Å². The highest BCUT2D eigenvalue weighted by molar-refractivity contribution is 5.73. The zero-order valence-electron chi connectivity index (χ0n) is 49.0. The van der Waals surface area contributed by atoms with Crippen LogP contribution in [0.25, 0.3) is 0 Å². The Morgan fingerprint density at radius 3 is 1.27 bits per heavy atom. The van der Waals surface area contributed by atoms with Gasteiger partial charge in [0.25, 0.3) is 0 Å². The third-order valence-corrected chi connectivity index (χ3v) is 23.3. The molecule has 0 bridgehead atoms. The van der Waals surface area contributed by atoms with Gasteiger partial charge in [-0.2, -0.15) is 0 Å². The fourth-order valence-corrected chi connectivity index (χ4v) is 19.7. The van der Waals surface area contributed by atoms with E-state index in [0.29, 0.717) is 54.9 Å². The Hall–Kier alpha value is -1.14. The van der Waals surface area contributed by atoms with Crippen LogP contribution < -0.4 is 0 Å². The molecule has 8 rings (SSSR count). The van der Waals surface area contributed by atoms with Crippen LogP contribution in [0.1, 0.15) is 298 Å². The molecule has 0 aromatic carbocycles. The van der Waals surface area contributed by atoms with E-state index in [1.54, 1.807) is 38.5 Å². The number of hydrogen-bond donors (Lipinski definition) is 0. The molecule has 6 nitrogen and oxygen atoms in total. The average Bonchev–Trinajstić information content (AvgIpc) is 3.67. The van der Waals surface area contributed by atoms with Crippen molar-refractivity contribution < 1.29 is 19.1 Å².